The molecule has 0 unspecified atom stereocenters. The highest BCUT2D eigenvalue weighted by Gasteiger charge is 2.28. The Morgan fingerprint density at radius 2 is 2.07 bits per heavy atom. The first kappa shape index (κ1) is 9.45. The summed E-state index contributed by atoms with van der Waals surface area (Å²) >= 11 is 0. The molecule has 1 aliphatic carbocycles. The van der Waals surface area contributed by atoms with Crippen molar-refractivity contribution < 1.29 is 4.79 Å². The van der Waals surface area contributed by atoms with Crippen molar-refractivity contribution in [3.63, 3.8) is 0 Å². The molecule has 0 saturated carbocycles. The van der Waals surface area contributed by atoms with E-state index in [9.17, 15) is 4.79 Å². The quantitative estimate of drug-likeness (QED) is 0.652. The normalized spacial score (nSPS) is 25.5. The molecule has 2 rings (SSSR count). The van der Waals surface area contributed by atoms with Crippen LogP contribution in [0.2, 0.25) is 0 Å². The molecule has 0 bridgehead atoms. The molecule has 1 atom stereocenters. The summed E-state index contributed by atoms with van der Waals surface area (Å²) in [7, 11) is 0. The van der Waals surface area contributed by atoms with Gasteiger partial charge in [-0.1, -0.05) is 31.2 Å². The zero-order chi connectivity index (χ0) is 10.0. The van der Waals surface area contributed by atoms with Gasteiger partial charge in [0.05, 0.1) is 0 Å². The number of rotatable bonds is 2. The molecule has 0 saturated heterocycles. The second kappa shape index (κ2) is 3.56. The van der Waals surface area contributed by atoms with E-state index in [0.29, 0.717) is 6.42 Å². The monoisotopic (exact) mass is 188 g/mol. The third-order valence-corrected chi connectivity index (χ3v) is 3.31. The lowest BCUT2D eigenvalue weighted by molar-refractivity contribution is -0.109. The molecule has 0 aromatic heterocycles. The van der Waals surface area contributed by atoms with E-state index in [1.165, 1.54) is 11.1 Å². The molecule has 1 nitrogen and oxygen atoms in total. The lowest BCUT2D eigenvalue weighted by atomic mass is 9.71. The topological polar surface area (TPSA) is 17.1 Å². The van der Waals surface area contributed by atoms with Gasteiger partial charge in [-0.2, -0.15) is 0 Å². The molecule has 1 aromatic rings. The Morgan fingerprint density at radius 3 is 2.79 bits per heavy atom. The Morgan fingerprint density at radius 1 is 1.36 bits per heavy atom. The Bertz CT molecular complexity index is 343. The van der Waals surface area contributed by atoms with Gasteiger partial charge in [-0.3, -0.25) is 0 Å². The molecule has 1 aromatic carbocycles. The van der Waals surface area contributed by atoms with Crippen molar-refractivity contribution in [1.82, 2.24) is 0 Å². The first-order chi connectivity index (χ1) is 6.73. The van der Waals surface area contributed by atoms with Crippen LogP contribution in [0.25, 0.3) is 0 Å². The Hall–Kier alpha value is -1.11. The molecule has 74 valence electrons. The smallest absolute Gasteiger partial charge is 0.120 e. The maximum atomic E-state index is 10.6. The van der Waals surface area contributed by atoms with Gasteiger partial charge in [0, 0.05) is 6.42 Å². The summed E-state index contributed by atoms with van der Waals surface area (Å²) in [6, 6.07) is 8.58. The van der Waals surface area contributed by atoms with Crippen LogP contribution in [0, 0.1) is 5.41 Å². The Balaban J connectivity index is 2.24. The third-order valence-electron chi connectivity index (χ3n) is 3.31. The van der Waals surface area contributed by atoms with Gasteiger partial charge in [0.15, 0.2) is 0 Å². The third kappa shape index (κ3) is 1.72. The average Bonchev–Trinajstić information content (AvgIpc) is 2.17. The summed E-state index contributed by atoms with van der Waals surface area (Å²) in [6.45, 7) is 2.22. The predicted molar refractivity (Wildman–Crippen MR) is 57.3 cm³/mol. The van der Waals surface area contributed by atoms with Crippen LogP contribution < -0.4 is 0 Å². The number of carbonyl (C=O) groups is 1. The van der Waals surface area contributed by atoms with Crippen LogP contribution in [0.3, 0.4) is 0 Å². The maximum Gasteiger partial charge on any atom is 0.120 e. The van der Waals surface area contributed by atoms with Gasteiger partial charge in [-0.25, -0.2) is 0 Å². The molecule has 0 N–H and O–H groups in total. The Labute approximate surface area is 85.1 Å². The van der Waals surface area contributed by atoms with Crippen LogP contribution >= 0.6 is 0 Å². The van der Waals surface area contributed by atoms with E-state index in [-0.39, 0.29) is 5.41 Å². The highest BCUT2D eigenvalue weighted by Crippen LogP contribution is 2.36. The molecule has 0 radical (unpaired) electrons. The standard InChI is InChI=1S/C13H16O/c1-13(8-9-14)7-6-11-4-2-3-5-12(11)10-13/h2-5,9H,6-8,10H2,1H3/t13-/m1/s1. The van der Waals surface area contributed by atoms with Crippen molar-refractivity contribution in [1.29, 1.82) is 0 Å². The van der Waals surface area contributed by atoms with Crippen LogP contribution in [-0.2, 0) is 17.6 Å². The molecule has 0 aliphatic heterocycles. The van der Waals surface area contributed by atoms with E-state index >= 15 is 0 Å². The number of aldehydes is 1. The van der Waals surface area contributed by atoms with Gasteiger partial charge in [0.25, 0.3) is 0 Å². The van der Waals surface area contributed by atoms with Crippen molar-refractivity contribution >= 4 is 6.29 Å². The molecule has 14 heavy (non-hydrogen) atoms. The lowest BCUT2D eigenvalue weighted by Crippen LogP contribution is -2.26. The van der Waals surface area contributed by atoms with Crippen molar-refractivity contribution in [3.8, 4) is 0 Å². The maximum absolute atomic E-state index is 10.6. The van der Waals surface area contributed by atoms with Crippen LogP contribution in [0.5, 0.6) is 0 Å². The van der Waals surface area contributed by atoms with Gasteiger partial charge >= 0.3 is 0 Å². The minimum atomic E-state index is 0.204. The number of benzene rings is 1. The summed E-state index contributed by atoms with van der Waals surface area (Å²) in [5.74, 6) is 0. The van der Waals surface area contributed by atoms with Crippen LogP contribution in [0.1, 0.15) is 30.9 Å². The fourth-order valence-electron chi connectivity index (χ4n) is 2.33. The van der Waals surface area contributed by atoms with Crippen molar-refractivity contribution in [2.75, 3.05) is 0 Å². The number of fused-ring (bicyclic) bond motifs is 1. The SMILES string of the molecule is C[C@]1(CC=O)CCc2ccccc2C1. The summed E-state index contributed by atoms with van der Waals surface area (Å²) < 4.78 is 0. The second-order valence-corrected chi connectivity index (χ2v) is 4.63. The van der Waals surface area contributed by atoms with E-state index in [1.54, 1.807) is 0 Å². The van der Waals surface area contributed by atoms with Gasteiger partial charge in [0.1, 0.15) is 6.29 Å². The number of hydrogen-bond acceptors (Lipinski definition) is 1. The number of hydrogen-bond donors (Lipinski definition) is 0. The highest BCUT2D eigenvalue weighted by molar-refractivity contribution is 5.51. The average molecular weight is 188 g/mol. The molecular weight excluding hydrogens is 172 g/mol. The second-order valence-electron chi connectivity index (χ2n) is 4.63. The van der Waals surface area contributed by atoms with Gasteiger partial charge < -0.3 is 4.79 Å². The van der Waals surface area contributed by atoms with Crippen LogP contribution in [-0.4, -0.2) is 6.29 Å². The molecule has 0 fully saturated rings. The number of aryl methyl sites for hydroxylation is 1. The summed E-state index contributed by atoms with van der Waals surface area (Å²) in [5, 5.41) is 0. The van der Waals surface area contributed by atoms with Gasteiger partial charge in [-0.15, -0.1) is 0 Å². The molecule has 0 amide bonds. The minimum absolute atomic E-state index is 0.204. The zero-order valence-electron chi connectivity index (χ0n) is 8.62. The van der Waals surface area contributed by atoms with Crippen molar-refractivity contribution in [3.05, 3.63) is 35.4 Å². The molecular formula is C13H16O. The zero-order valence-corrected chi connectivity index (χ0v) is 8.62. The largest absolute Gasteiger partial charge is 0.303 e. The van der Waals surface area contributed by atoms with Crippen molar-refractivity contribution in [2.45, 2.75) is 32.6 Å². The summed E-state index contributed by atoms with van der Waals surface area (Å²) in [6.07, 6.45) is 5.08. The summed E-state index contributed by atoms with van der Waals surface area (Å²) in [4.78, 5) is 10.6. The fourth-order valence-corrected chi connectivity index (χ4v) is 2.33. The Kier molecular flexibility index (Phi) is 2.40. The summed E-state index contributed by atoms with van der Waals surface area (Å²) in [5.41, 5.74) is 3.11. The van der Waals surface area contributed by atoms with Crippen LogP contribution in [0.4, 0.5) is 0 Å². The van der Waals surface area contributed by atoms with Gasteiger partial charge in [0.2, 0.25) is 0 Å². The first-order valence-electron chi connectivity index (χ1n) is 5.24. The lowest BCUT2D eigenvalue weighted by Gasteiger charge is -2.33. The van der Waals surface area contributed by atoms with E-state index in [2.05, 4.69) is 31.2 Å². The van der Waals surface area contributed by atoms with E-state index < -0.39 is 0 Å². The molecule has 1 aliphatic rings. The van der Waals surface area contributed by atoms with E-state index in [1.807, 2.05) is 0 Å². The molecule has 0 heterocycles. The molecule has 1 heteroatoms. The fraction of sp³-hybridized carbons (Fsp3) is 0.462. The first-order valence-corrected chi connectivity index (χ1v) is 5.24. The highest BCUT2D eigenvalue weighted by atomic mass is 16.1. The predicted octanol–water partition coefficient (Wildman–Crippen LogP) is 2.77. The van der Waals surface area contributed by atoms with E-state index in [4.69, 9.17) is 0 Å². The minimum Gasteiger partial charge on any atom is -0.303 e. The van der Waals surface area contributed by atoms with Crippen molar-refractivity contribution in [2.24, 2.45) is 5.41 Å². The number of carbonyl (C=O) groups excluding carboxylic acids is 1. The van der Waals surface area contributed by atoms with Crippen LogP contribution in [0.15, 0.2) is 24.3 Å². The van der Waals surface area contributed by atoms with E-state index in [0.717, 1.165) is 25.5 Å². The molecule has 0 spiro atoms. The van der Waals surface area contributed by atoms with Gasteiger partial charge in [-0.05, 0) is 35.8 Å².